The molecule has 1 aliphatic heterocycles. The van der Waals surface area contributed by atoms with E-state index in [4.69, 9.17) is 0 Å². The molecule has 0 saturated carbocycles. The van der Waals surface area contributed by atoms with Crippen LogP contribution in [-0.2, 0) is 5.41 Å². The average Bonchev–Trinajstić information content (AvgIpc) is 2.74. The first kappa shape index (κ1) is 12.7. The predicted molar refractivity (Wildman–Crippen MR) is 80.0 cm³/mol. The molecule has 1 aliphatic rings. The first-order valence-electron chi connectivity index (χ1n) is 6.61. The highest BCUT2D eigenvalue weighted by atomic mass is 16.6. The fourth-order valence-electron chi connectivity index (χ4n) is 2.71. The minimum atomic E-state index is -0.327. The molecule has 102 valence electrons. The lowest BCUT2D eigenvalue weighted by molar-refractivity contribution is -0.384. The zero-order chi connectivity index (χ0) is 14.3. The second kappa shape index (κ2) is 4.34. The fourth-order valence-corrected chi connectivity index (χ4v) is 2.71. The van der Waals surface area contributed by atoms with Gasteiger partial charge in [-0.05, 0) is 29.3 Å². The van der Waals surface area contributed by atoms with Gasteiger partial charge in [-0.3, -0.25) is 10.1 Å². The van der Waals surface area contributed by atoms with Crippen molar-refractivity contribution in [2.45, 2.75) is 19.3 Å². The van der Waals surface area contributed by atoms with Gasteiger partial charge < -0.3 is 5.32 Å². The van der Waals surface area contributed by atoms with Crippen molar-refractivity contribution in [3.05, 3.63) is 58.1 Å². The van der Waals surface area contributed by atoms with E-state index < -0.39 is 0 Å². The smallest absolute Gasteiger partial charge is 0.277 e. The Morgan fingerprint density at radius 1 is 1.20 bits per heavy atom. The summed E-state index contributed by atoms with van der Waals surface area (Å²) in [6.07, 6.45) is 0. The van der Waals surface area contributed by atoms with Crippen molar-refractivity contribution in [1.29, 1.82) is 0 Å². The second-order valence-corrected chi connectivity index (χ2v) is 5.77. The van der Waals surface area contributed by atoms with Gasteiger partial charge in [0.15, 0.2) is 0 Å². The van der Waals surface area contributed by atoms with Crippen LogP contribution in [0.3, 0.4) is 0 Å². The molecule has 4 nitrogen and oxygen atoms in total. The lowest BCUT2D eigenvalue weighted by atomic mass is 9.85. The molecule has 0 saturated heterocycles. The minimum absolute atomic E-state index is 0.0505. The average molecular weight is 268 g/mol. The Labute approximate surface area is 117 Å². The summed E-state index contributed by atoms with van der Waals surface area (Å²) >= 11 is 0. The lowest BCUT2D eigenvalue weighted by Crippen LogP contribution is -2.18. The van der Waals surface area contributed by atoms with Crippen LogP contribution < -0.4 is 5.32 Å². The summed E-state index contributed by atoms with van der Waals surface area (Å²) in [6.45, 7) is 5.24. The van der Waals surface area contributed by atoms with E-state index in [1.807, 2.05) is 18.2 Å². The maximum absolute atomic E-state index is 11.1. The Kier molecular flexibility index (Phi) is 2.74. The number of rotatable bonds is 2. The van der Waals surface area contributed by atoms with Gasteiger partial charge >= 0.3 is 0 Å². The van der Waals surface area contributed by atoms with Crippen LogP contribution in [0.4, 0.5) is 11.4 Å². The molecule has 0 fully saturated rings. The zero-order valence-corrected chi connectivity index (χ0v) is 11.5. The fraction of sp³-hybridized carbons (Fsp3) is 0.250. The SMILES string of the molecule is CC1(C)CNc2ccc(-c3ccccc3[N+](=O)[O-])cc21. The Balaban J connectivity index is 2.16. The number of nitrogens with zero attached hydrogens (tertiary/aromatic N) is 1. The number of nitro benzene ring substituents is 1. The largest absolute Gasteiger partial charge is 0.384 e. The number of hydrogen-bond donors (Lipinski definition) is 1. The Morgan fingerprint density at radius 2 is 1.95 bits per heavy atom. The molecule has 0 amide bonds. The molecule has 20 heavy (non-hydrogen) atoms. The van der Waals surface area contributed by atoms with Crippen LogP contribution in [0, 0.1) is 10.1 Å². The van der Waals surface area contributed by atoms with E-state index in [1.165, 1.54) is 5.56 Å². The number of fused-ring (bicyclic) bond motifs is 1. The zero-order valence-electron chi connectivity index (χ0n) is 11.5. The topological polar surface area (TPSA) is 55.2 Å². The number of nitrogens with one attached hydrogen (secondary N) is 1. The standard InChI is InChI=1S/C16H16N2O2/c1-16(2)10-17-14-8-7-11(9-13(14)16)12-5-3-4-6-15(12)18(19)20/h3-9,17H,10H2,1-2H3. The Hall–Kier alpha value is -2.36. The summed E-state index contributed by atoms with van der Waals surface area (Å²) in [7, 11) is 0. The Bertz CT molecular complexity index is 693. The molecule has 0 spiro atoms. The van der Waals surface area contributed by atoms with Crippen LogP contribution >= 0.6 is 0 Å². The second-order valence-electron chi connectivity index (χ2n) is 5.77. The van der Waals surface area contributed by atoms with E-state index >= 15 is 0 Å². The van der Waals surface area contributed by atoms with Gasteiger partial charge in [-0.15, -0.1) is 0 Å². The number of para-hydroxylation sites is 1. The van der Waals surface area contributed by atoms with Crippen molar-refractivity contribution in [3.8, 4) is 11.1 Å². The summed E-state index contributed by atoms with van der Waals surface area (Å²) in [5, 5.41) is 14.5. The summed E-state index contributed by atoms with van der Waals surface area (Å²) in [4.78, 5) is 10.8. The minimum Gasteiger partial charge on any atom is -0.384 e. The number of benzene rings is 2. The Morgan fingerprint density at radius 3 is 2.70 bits per heavy atom. The molecule has 0 unspecified atom stereocenters. The molecule has 0 bridgehead atoms. The summed E-state index contributed by atoms with van der Waals surface area (Å²) < 4.78 is 0. The van der Waals surface area contributed by atoms with Gasteiger partial charge in [0.05, 0.1) is 10.5 Å². The molecule has 2 aromatic rings. The molecule has 0 aromatic heterocycles. The predicted octanol–water partition coefficient (Wildman–Crippen LogP) is 3.96. The van der Waals surface area contributed by atoms with Crippen LogP contribution in [0.5, 0.6) is 0 Å². The summed E-state index contributed by atoms with van der Waals surface area (Å²) in [6, 6.07) is 12.9. The van der Waals surface area contributed by atoms with E-state index in [9.17, 15) is 10.1 Å². The highest BCUT2D eigenvalue weighted by Gasteiger charge is 2.30. The highest BCUT2D eigenvalue weighted by Crippen LogP contribution is 2.40. The van der Waals surface area contributed by atoms with Gasteiger partial charge in [-0.2, -0.15) is 0 Å². The lowest BCUT2D eigenvalue weighted by Gasteiger charge is -2.17. The van der Waals surface area contributed by atoms with Crippen molar-refractivity contribution < 1.29 is 4.92 Å². The van der Waals surface area contributed by atoms with Gasteiger partial charge in [0.25, 0.3) is 5.69 Å². The third-order valence-electron chi connectivity index (χ3n) is 3.88. The van der Waals surface area contributed by atoms with Crippen molar-refractivity contribution >= 4 is 11.4 Å². The monoisotopic (exact) mass is 268 g/mol. The molecule has 4 heteroatoms. The molecule has 0 radical (unpaired) electrons. The molecule has 1 heterocycles. The molecule has 0 aliphatic carbocycles. The maximum atomic E-state index is 11.1. The molecule has 3 rings (SSSR count). The van der Waals surface area contributed by atoms with Crippen molar-refractivity contribution in [2.24, 2.45) is 0 Å². The van der Waals surface area contributed by atoms with E-state index in [0.717, 1.165) is 17.8 Å². The number of anilines is 1. The van der Waals surface area contributed by atoms with E-state index in [1.54, 1.807) is 18.2 Å². The maximum Gasteiger partial charge on any atom is 0.277 e. The van der Waals surface area contributed by atoms with Gasteiger partial charge in [0.1, 0.15) is 0 Å². The van der Waals surface area contributed by atoms with Crippen molar-refractivity contribution in [2.75, 3.05) is 11.9 Å². The number of hydrogen-bond acceptors (Lipinski definition) is 3. The number of nitro groups is 1. The first-order chi connectivity index (χ1) is 9.49. The summed E-state index contributed by atoms with van der Waals surface area (Å²) in [5.41, 5.74) is 4.10. The van der Waals surface area contributed by atoms with Gasteiger partial charge in [0.2, 0.25) is 0 Å². The molecular weight excluding hydrogens is 252 g/mol. The van der Waals surface area contributed by atoms with Crippen molar-refractivity contribution in [3.63, 3.8) is 0 Å². The summed E-state index contributed by atoms with van der Waals surface area (Å²) in [5.74, 6) is 0. The van der Waals surface area contributed by atoms with Gasteiger partial charge in [-0.25, -0.2) is 0 Å². The molecule has 0 atom stereocenters. The first-order valence-corrected chi connectivity index (χ1v) is 6.61. The third kappa shape index (κ3) is 1.93. The third-order valence-corrected chi connectivity index (χ3v) is 3.88. The van der Waals surface area contributed by atoms with Gasteiger partial charge in [-0.1, -0.05) is 32.0 Å². The quantitative estimate of drug-likeness (QED) is 0.662. The normalized spacial score (nSPS) is 15.5. The van der Waals surface area contributed by atoms with Crippen LogP contribution in [0.15, 0.2) is 42.5 Å². The van der Waals surface area contributed by atoms with E-state index in [-0.39, 0.29) is 16.0 Å². The van der Waals surface area contributed by atoms with E-state index in [0.29, 0.717) is 5.56 Å². The molecule has 1 N–H and O–H groups in total. The van der Waals surface area contributed by atoms with Crippen LogP contribution in [0.1, 0.15) is 19.4 Å². The van der Waals surface area contributed by atoms with E-state index in [2.05, 4.69) is 25.2 Å². The van der Waals surface area contributed by atoms with Crippen LogP contribution in [-0.4, -0.2) is 11.5 Å². The van der Waals surface area contributed by atoms with Crippen molar-refractivity contribution in [1.82, 2.24) is 0 Å². The van der Waals surface area contributed by atoms with Crippen LogP contribution in [0.2, 0.25) is 0 Å². The van der Waals surface area contributed by atoms with Crippen LogP contribution in [0.25, 0.3) is 11.1 Å². The molecular formula is C16H16N2O2. The molecule has 2 aromatic carbocycles. The highest BCUT2D eigenvalue weighted by molar-refractivity contribution is 5.77. The van der Waals surface area contributed by atoms with Gasteiger partial charge in [0, 0.05) is 23.7 Å².